The molecule has 1 atom stereocenters. The molecule has 24 heteroatoms. The molecule has 0 saturated heterocycles. The molecule has 12 bridgehead atoms. The molecule has 0 fully saturated rings. The Morgan fingerprint density at radius 1 is 0.244 bits per heavy atom. The summed E-state index contributed by atoms with van der Waals surface area (Å²) in [7, 11) is -23.9. The lowest BCUT2D eigenvalue weighted by Crippen LogP contribution is -2.28. The van der Waals surface area contributed by atoms with Crippen LogP contribution in [-0.2, 0) is 120 Å². The molecule has 0 saturated carbocycles. The van der Waals surface area contributed by atoms with Crippen molar-refractivity contribution in [3.05, 3.63) is 176 Å². The predicted molar refractivity (Wildman–Crippen MR) is 359 cm³/mol. The summed E-state index contributed by atoms with van der Waals surface area (Å²) in [6.07, 6.45) is -0.303. The van der Waals surface area contributed by atoms with Gasteiger partial charge in [0.05, 0.1) is 99.2 Å². The van der Waals surface area contributed by atoms with E-state index in [0.29, 0.717) is 72.1 Å². The van der Waals surface area contributed by atoms with E-state index in [1.165, 1.54) is 7.11 Å². The zero-order chi connectivity index (χ0) is 65.3. The van der Waals surface area contributed by atoms with Crippen molar-refractivity contribution in [2.75, 3.05) is 86.1 Å². The Morgan fingerprint density at radius 3 is 0.522 bits per heavy atom. The minimum Gasteiger partial charge on any atom is -0.374 e. The third-order valence-electron chi connectivity index (χ3n) is 14.8. The third-order valence-corrected chi connectivity index (χ3v) is 29.0. The minimum atomic E-state index is -4.27. The van der Waals surface area contributed by atoms with Crippen molar-refractivity contribution in [3.8, 4) is 0 Å². The van der Waals surface area contributed by atoms with Crippen LogP contribution in [0.5, 0.6) is 0 Å². The fraction of sp³-hybridized carbons (Fsp3) is 0.455. The summed E-state index contributed by atoms with van der Waals surface area (Å²) in [5.74, 6) is 0. The number of ether oxygens (including phenoxy) is 1. The average molecular weight is 1360 g/mol. The Morgan fingerprint density at radius 2 is 0.389 bits per heavy atom. The molecule has 6 aromatic carbocycles. The number of methoxy groups -OCH3 is 1. The molecule has 0 heterocycles. The van der Waals surface area contributed by atoms with Crippen molar-refractivity contribution in [2.24, 2.45) is 0 Å². The van der Waals surface area contributed by atoms with Crippen molar-refractivity contribution in [1.82, 2.24) is 0 Å². The molecule has 1 aliphatic rings. The Kier molecular flexibility index (Phi) is 27.4. The van der Waals surface area contributed by atoms with Gasteiger partial charge in [0.2, 0.25) is 0 Å². The summed E-state index contributed by atoms with van der Waals surface area (Å²) in [4.78, 5) is 0. The van der Waals surface area contributed by atoms with E-state index in [4.69, 9.17) is 54.5 Å². The van der Waals surface area contributed by atoms with E-state index in [1.807, 2.05) is 109 Å². The first-order valence-electron chi connectivity index (χ1n) is 31.1. The molecule has 0 aliphatic heterocycles. The van der Waals surface area contributed by atoms with Gasteiger partial charge in [0, 0.05) is 12.4 Å². The van der Waals surface area contributed by atoms with Gasteiger partial charge in [-0.05, 0) is 181 Å². The van der Waals surface area contributed by atoms with Crippen LogP contribution in [0.3, 0.4) is 0 Å². The molecule has 492 valence electrons. The van der Waals surface area contributed by atoms with Crippen molar-refractivity contribution < 1.29 is 81.9 Å². The van der Waals surface area contributed by atoms with Crippen LogP contribution in [-0.4, -0.2) is 86.1 Å². The fourth-order valence-electron chi connectivity index (χ4n) is 12.1. The van der Waals surface area contributed by atoms with Gasteiger partial charge in [0.25, 0.3) is 7.37 Å². The molecule has 90 heavy (non-hydrogen) atoms. The molecular formula is C66H90O18P6. The molecule has 1 unspecified atom stereocenters. The van der Waals surface area contributed by atoms with Crippen LogP contribution in [0.4, 0.5) is 0 Å². The van der Waals surface area contributed by atoms with Crippen LogP contribution >= 0.6 is 45.3 Å². The largest absolute Gasteiger partial charge is 0.374 e. The van der Waals surface area contributed by atoms with E-state index < -0.39 is 45.3 Å². The van der Waals surface area contributed by atoms with E-state index >= 15 is 27.4 Å². The second kappa shape index (κ2) is 33.6. The minimum absolute atomic E-state index is 0.00438. The van der Waals surface area contributed by atoms with Crippen molar-refractivity contribution in [3.63, 3.8) is 0 Å². The van der Waals surface area contributed by atoms with Gasteiger partial charge in [-0.2, -0.15) is 0 Å². The molecule has 18 nitrogen and oxygen atoms in total. The van der Waals surface area contributed by atoms with Gasteiger partial charge in [0.1, 0.15) is 6.35 Å². The second-order valence-corrected chi connectivity index (χ2v) is 32.9. The number of rotatable bonds is 30. The lowest BCUT2D eigenvalue weighted by Gasteiger charge is -2.28. The third kappa shape index (κ3) is 16.5. The summed E-state index contributed by atoms with van der Waals surface area (Å²) in [6, 6.07) is 33.0. The Bertz CT molecular complexity index is 2920. The van der Waals surface area contributed by atoms with Gasteiger partial charge in [-0.1, -0.05) is 109 Å². The maximum Gasteiger partial charge on any atom is 0.361 e. The lowest BCUT2D eigenvalue weighted by atomic mass is 9.93. The molecule has 6 aromatic rings. The smallest absolute Gasteiger partial charge is 0.361 e. The summed E-state index contributed by atoms with van der Waals surface area (Å²) in [5, 5.41) is 1.60. The number of benzene rings is 6. The molecule has 0 N–H and O–H groups in total. The zero-order valence-electron chi connectivity index (χ0n) is 54.2. The van der Waals surface area contributed by atoms with E-state index in [9.17, 15) is 0 Å². The van der Waals surface area contributed by atoms with Crippen LogP contribution in [0.1, 0.15) is 143 Å². The Hall–Kier alpha value is -3.78. The van der Waals surface area contributed by atoms with E-state index in [2.05, 4.69) is 0 Å². The van der Waals surface area contributed by atoms with E-state index in [1.54, 1.807) is 76.2 Å². The fourth-order valence-corrected chi connectivity index (χ4v) is 24.5. The van der Waals surface area contributed by atoms with Gasteiger partial charge in [-0.3, -0.25) is 27.4 Å². The van der Waals surface area contributed by atoms with Crippen molar-refractivity contribution in [1.29, 1.82) is 0 Å². The second-order valence-electron chi connectivity index (χ2n) is 20.8. The normalized spacial score (nSPS) is 14.3. The Labute approximate surface area is 533 Å². The molecule has 0 amide bonds. The first kappa shape index (κ1) is 73.6. The SMILES string of the molecule is CCOP(=O)(COC)c1c2cccc1Cc1cccc(c1P(=O)(OCC)OCC)Cc1cccc(c1P(=O)(OCC)OCC)Cc1cccc(c1P(=O)(OCC)OCC)Cc1cccc(c1P(=O)(OCC)OCC)Cc1cccc(c1P(=O)(OCC)OCC)C2. The summed E-state index contributed by atoms with van der Waals surface area (Å²) >= 11 is 0. The molecule has 0 aromatic heterocycles. The van der Waals surface area contributed by atoms with Crippen LogP contribution in [0.2, 0.25) is 0 Å². The highest BCUT2D eigenvalue weighted by Crippen LogP contribution is 2.56. The van der Waals surface area contributed by atoms with Crippen LogP contribution < -0.4 is 31.8 Å². The number of fused-ring (bicyclic) bond motifs is 12. The molecule has 0 spiro atoms. The monoisotopic (exact) mass is 1360 g/mol. The highest BCUT2D eigenvalue weighted by Gasteiger charge is 2.42. The van der Waals surface area contributed by atoms with Crippen molar-refractivity contribution >= 4 is 77.2 Å². The van der Waals surface area contributed by atoms with Gasteiger partial charge < -0.3 is 54.5 Å². The standard InChI is InChI=1S/C66H90O18P6/c1-13-74-85(67,48-73-12)61-49-30-24-31-50(61)43-52-33-26-35-54(63(52)87(69,77-16-4)78-17-5)45-56-37-28-39-58(65(56)89(71,81-20-8)82-21-9)47-60-41-29-40-59(66(60)90(72,83-22-10)84-23-11)46-57-38-27-36-55(64(57)88(70,79-18-6)80-19-7)44-53-34-25-32-51(42-49)62(53)86(68,75-14-2)76-15-3/h24-41H,13-23,42-48H2,1-12H3. The summed E-state index contributed by atoms with van der Waals surface area (Å²) in [6.45, 7) is 19.2. The van der Waals surface area contributed by atoms with Crippen molar-refractivity contribution in [2.45, 2.75) is 115 Å². The zero-order valence-corrected chi connectivity index (χ0v) is 59.5. The first-order valence-corrected chi connectivity index (χ1v) is 40.6. The molecule has 0 radical (unpaired) electrons. The van der Waals surface area contributed by atoms with Crippen LogP contribution in [0, 0.1) is 0 Å². The van der Waals surface area contributed by atoms with E-state index in [-0.39, 0.29) is 144 Å². The molecule has 1 aliphatic carbocycles. The summed E-state index contributed by atoms with van der Waals surface area (Å²) in [5.41, 5.74) is 6.14. The maximum atomic E-state index is 16.0. The maximum absolute atomic E-state index is 16.0. The average Bonchev–Trinajstić information content (AvgIpc) is 0.892. The summed E-state index contributed by atoms with van der Waals surface area (Å²) < 4.78 is 170. The number of hydrogen-bond acceptors (Lipinski definition) is 18. The highest BCUT2D eigenvalue weighted by atomic mass is 31.2. The van der Waals surface area contributed by atoms with Gasteiger partial charge in [-0.15, -0.1) is 0 Å². The van der Waals surface area contributed by atoms with Gasteiger partial charge >= 0.3 is 38.0 Å². The molecular weight excluding hydrogens is 1270 g/mol. The van der Waals surface area contributed by atoms with Gasteiger partial charge in [-0.25, -0.2) is 0 Å². The molecule has 7 rings (SSSR count). The van der Waals surface area contributed by atoms with E-state index in [0.717, 1.165) is 0 Å². The predicted octanol–water partition coefficient (Wildman–Crippen LogP) is 14.5. The quantitative estimate of drug-likeness (QED) is 0.0383. The first-order chi connectivity index (χ1) is 43.3. The Balaban J connectivity index is 1.72. The highest BCUT2D eigenvalue weighted by molar-refractivity contribution is 7.67. The topological polar surface area (TPSA) is 213 Å². The lowest BCUT2D eigenvalue weighted by molar-refractivity contribution is 0.226. The van der Waals surface area contributed by atoms with Gasteiger partial charge in [0.15, 0.2) is 0 Å². The van der Waals surface area contributed by atoms with Crippen LogP contribution in [0.15, 0.2) is 109 Å². The van der Waals surface area contributed by atoms with Crippen LogP contribution in [0.25, 0.3) is 0 Å². The number of hydrogen-bond donors (Lipinski definition) is 0.